The van der Waals surface area contributed by atoms with Crippen LogP contribution in [0, 0.1) is 6.92 Å². The molecule has 3 nitrogen and oxygen atoms in total. The van der Waals surface area contributed by atoms with E-state index in [1.165, 1.54) is 5.56 Å². The van der Waals surface area contributed by atoms with Crippen LogP contribution >= 0.6 is 12.2 Å². The third kappa shape index (κ3) is 2.35. The maximum atomic E-state index is 5.83. The number of aryl methyl sites for hydroxylation is 1. The molecule has 0 aromatic heterocycles. The highest BCUT2D eigenvalue weighted by Crippen LogP contribution is 2.30. The Labute approximate surface area is 114 Å². The smallest absolute Gasteiger partial charge is 0.106 e. The second-order valence-corrected chi connectivity index (χ2v) is 5.32. The lowest BCUT2D eigenvalue weighted by Crippen LogP contribution is -2.38. The molecule has 2 N–H and O–H groups in total. The Hall–Kier alpha value is -1.13. The normalized spacial score (nSPS) is 23.1. The summed E-state index contributed by atoms with van der Waals surface area (Å²) in [5.41, 5.74) is 9.11. The van der Waals surface area contributed by atoms with Gasteiger partial charge in [0.25, 0.3) is 0 Å². The van der Waals surface area contributed by atoms with Gasteiger partial charge in [-0.15, -0.1) is 0 Å². The molecule has 2 atom stereocenters. The molecule has 1 aromatic carbocycles. The number of nitrogens with zero attached hydrogens (tertiary/aromatic N) is 1. The van der Waals surface area contributed by atoms with E-state index in [-0.39, 0.29) is 6.10 Å². The molecule has 0 aliphatic carbocycles. The molecule has 0 amide bonds. The van der Waals surface area contributed by atoms with Crippen molar-refractivity contribution in [2.24, 2.45) is 5.73 Å². The summed E-state index contributed by atoms with van der Waals surface area (Å²) in [6.07, 6.45) is 1.29. The molecule has 0 bridgehead atoms. The van der Waals surface area contributed by atoms with E-state index in [4.69, 9.17) is 22.7 Å². The number of hydrogen-bond acceptors (Lipinski definition) is 3. The van der Waals surface area contributed by atoms with Crippen molar-refractivity contribution in [3.63, 3.8) is 0 Å². The first kappa shape index (κ1) is 13.3. The number of rotatable bonds is 3. The van der Waals surface area contributed by atoms with Crippen LogP contribution in [0.15, 0.2) is 18.2 Å². The third-order valence-corrected chi connectivity index (χ3v) is 3.91. The van der Waals surface area contributed by atoms with Gasteiger partial charge in [-0.2, -0.15) is 0 Å². The molecule has 2 rings (SSSR count). The van der Waals surface area contributed by atoms with Gasteiger partial charge in [-0.05, 0) is 31.9 Å². The number of nitrogens with two attached hydrogens (primary N) is 1. The highest BCUT2D eigenvalue weighted by atomic mass is 32.1. The van der Waals surface area contributed by atoms with Crippen molar-refractivity contribution in [3.8, 4) is 0 Å². The van der Waals surface area contributed by atoms with Crippen LogP contribution in [0.5, 0.6) is 0 Å². The minimum atomic E-state index is 0.244. The van der Waals surface area contributed by atoms with Crippen molar-refractivity contribution in [3.05, 3.63) is 29.3 Å². The monoisotopic (exact) mass is 264 g/mol. The first-order chi connectivity index (χ1) is 8.52. The standard InChI is InChI=1S/C14H20N2OS/c1-9-5-4-6-11(14(15)18)13(9)16(3)12-7-8-17-10(12)2/h4-6,10,12H,7-8H2,1-3H3,(H2,15,18). The van der Waals surface area contributed by atoms with E-state index >= 15 is 0 Å². The average molecular weight is 264 g/mol. The molecule has 1 fully saturated rings. The van der Waals surface area contributed by atoms with Gasteiger partial charge in [0.05, 0.1) is 12.1 Å². The van der Waals surface area contributed by atoms with Gasteiger partial charge in [0.2, 0.25) is 0 Å². The molecule has 0 radical (unpaired) electrons. The minimum absolute atomic E-state index is 0.244. The molecule has 0 spiro atoms. The third-order valence-electron chi connectivity index (χ3n) is 3.69. The fourth-order valence-corrected chi connectivity index (χ4v) is 2.89. The van der Waals surface area contributed by atoms with Crippen LogP contribution in [-0.2, 0) is 4.74 Å². The number of thiocarbonyl (C=S) groups is 1. The van der Waals surface area contributed by atoms with Gasteiger partial charge >= 0.3 is 0 Å². The Kier molecular flexibility index (Phi) is 3.88. The zero-order valence-corrected chi connectivity index (χ0v) is 12.0. The summed E-state index contributed by atoms with van der Waals surface area (Å²) in [4.78, 5) is 2.72. The van der Waals surface area contributed by atoms with E-state index in [1.54, 1.807) is 0 Å². The van der Waals surface area contributed by atoms with Crippen molar-refractivity contribution in [2.75, 3.05) is 18.6 Å². The van der Waals surface area contributed by atoms with Gasteiger partial charge < -0.3 is 15.4 Å². The fourth-order valence-electron chi connectivity index (χ4n) is 2.72. The molecular formula is C14H20N2OS. The van der Waals surface area contributed by atoms with Crippen molar-refractivity contribution in [2.45, 2.75) is 32.4 Å². The Balaban J connectivity index is 2.40. The van der Waals surface area contributed by atoms with E-state index in [9.17, 15) is 0 Å². The lowest BCUT2D eigenvalue weighted by atomic mass is 10.0. The Morgan fingerprint density at radius 1 is 1.50 bits per heavy atom. The van der Waals surface area contributed by atoms with E-state index in [1.807, 2.05) is 12.1 Å². The molecule has 0 saturated carbocycles. The van der Waals surface area contributed by atoms with Crippen LogP contribution in [0.3, 0.4) is 0 Å². The minimum Gasteiger partial charge on any atom is -0.389 e. The number of ether oxygens (including phenoxy) is 1. The van der Waals surface area contributed by atoms with Crippen molar-refractivity contribution < 1.29 is 4.74 Å². The van der Waals surface area contributed by atoms with Crippen LogP contribution in [0.25, 0.3) is 0 Å². The highest BCUT2D eigenvalue weighted by molar-refractivity contribution is 7.80. The average Bonchev–Trinajstić information content (AvgIpc) is 2.74. The summed E-state index contributed by atoms with van der Waals surface area (Å²) in [7, 11) is 2.10. The SMILES string of the molecule is Cc1cccc(C(N)=S)c1N(C)C1CCOC1C. The van der Waals surface area contributed by atoms with Crippen molar-refractivity contribution in [1.82, 2.24) is 0 Å². The van der Waals surface area contributed by atoms with E-state index in [0.717, 1.165) is 24.3 Å². The number of para-hydroxylation sites is 1. The van der Waals surface area contributed by atoms with Crippen LogP contribution in [0.1, 0.15) is 24.5 Å². The molecule has 1 saturated heterocycles. The largest absolute Gasteiger partial charge is 0.389 e. The lowest BCUT2D eigenvalue weighted by Gasteiger charge is -2.31. The molecule has 1 aliphatic heterocycles. The molecule has 1 aromatic rings. The Bertz CT molecular complexity index is 461. The molecule has 18 heavy (non-hydrogen) atoms. The van der Waals surface area contributed by atoms with Gasteiger partial charge in [-0.25, -0.2) is 0 Å². The van der Waals surface area contributed by atoms with Crippen LogP contribution < -0.4 is 10.6 Å². The first-order valence-corrected chi connectivity index (χ1v) is 6.67. The Morgan fingerprint density at radius 2 is 2.22 bits per heavy atom. The zero-order chi connectivity index (χ0) is 13.3. The van der Waals surface area contributed by atoms with E-state index in [2.05, 4.69) is 31.9 Å². The number of benzene rings is 1. The highest BCUT2D eigenvalue weighted by Gasteiger charge is 2.29. The second kappa shape index (κ2) is 5.24. The predicted octanol–water partition coefficient (Wildman–Crippen LogP) is 2.24. The maximum absolute atomic E-state index is 5.83. The Morgan fingerprint density at radius 3 is 2.78 bits per heavy atom. The van der Waals surface area contributed by atoms with Crippen molar-refractivity contribution in [1.29, 1.82) is 0 Å². The van der Waals surface area contributed by atoms with Gasteiger partial charge in [0, 0.05) is 24.9 Å². The fraction of sp³-hybridized carbons (Fsp3) is 0.500. The summed E-state index contributed by atoms with van der Waals surface area (Å²) >= 11 is 5.15. The number of likely N-dealkylation sites (N-methyl/N-ethyl adjacent to an activating group) is 1. The lowest BCUT2D eigenvalue weighted by molar-refractivity contribution is 0.118. The van der Waals surface area contributed by atoms with Gasteiger partial charge in [-0.3, -0.25) is 0 Å². The van der Waals surface area contributed by atoms with Gasteiger partial charge in [0.15, 0.2) is 0 Å². The molecule has 98 valence electrons. The van der Waals surface area contributed by atoms with Crippen LogP contribution in [-0.4, -0.2) is 30.8 Å². The molecule has 1 aliphatic rings. The summed E-state index contributed by atoms with van der Waals surface area (Å²) in [6.45, 7) is 5.03. The molecule has 1 heterocycles. The molecule has 4 heteroatoms. The summed E-state index contributed by atoms with van der Waals surface area (Å²) < 4.78 is 5.64. The predicted molar refractivity (Wildman–Crippen MR) is 79.3 cm³/mol. The molecule has 2 unspecified atom stereocenters. The van der Waals surface area contributed by atoms with Gasteiger partial charge in [-0.1, -0.05) is 24.4 Å². The van der Waals surface area contributed by atoms with E-state index in [0.29, 0.717) is 11.0 Å². The topological polar surface area (TPSA) is 38.5 Å². The summed E-state index contributed by atoms with van der Waals surface area (Å²) in [5.74, 6) is 0. The van der Waals surface area contributed by atoms with Crippen molar-refractivity contribution >= 4 is 22.9 Å². The quantitative estimate of drug-likeness (QED) is 0.850. The molecular weight excluding hydrogens is 244 g/mol. The van der Waals surface area contributed by atoms with Gasteiger partial charge in [0.1, 0.15) is 4.99 Å². The maximum Gasteiger partial charge on any atom is 0.106 e. The van der Waals surface area contributed by atoms with Crippen LogP contribution in [0.4, 0.5) is 5.69 Å². The van der Waals surface area contributed by atoms with E-state index < -0.39 is 0 Å². The second-order valence-electron chi connectivity index (χ2n) is 4.88. The summed E-state index contributed by atoms with van der Waals surface area (Å²) in [5, 5.41) is 0. The first-order valence-electron chi connectivity index (χ1n) is 6.26. The summed E-state index contributed by atoms with van der Waals surface area (Å²) in [6, 6.07) is 6.46. The number of anilines is 1. The van der Waals surface area contributed by atoms with Crippen LogP contribution in [0.2, 0.25) is 0 Å². The zero-order valence-electron chi connectivity index (χ0n) is 11.1. The number of hydrogen-bond donors (Lipinski definition) is 1.